The Hall–Kier alpha value is -2.80. The number of aromatic nitrogens is 3. The number of phenols is 2. The second-order valence-electron chi connectivity index (χ2n) is 7.37. The fraction of sp³-hybridized carbons (Fsp3) is 0.364. The molecule has 3 rings (SSSR count). The number of phenolic OH excluding ortho intramolecular Hbond substituents is 2. The molecule has 3 aromatic rings. The van der Waals surface area contributed by atoms with Crippen LogP contribution < -0.4 is 4.74 Å². The van der Waals surface area contributed by atoms with E-state index in [0.29, 0.717) is 16.2 Å². The number of aromatic hydroxyl groups is 2. The molecule has 6 nitrogen and oxygen atoms in total. The van der Waals surface area contributed by atoms with E-state index in [2.05, 4.69) is 17.1 Å². The first kappa shape index (κ1) is 20.9. The monoisotopic (exact) mass is 413 g/mol. The Morgan fingerprint density at radius 1 is 1.17 bits per heavy atom. The minimum Gasteiger partial charge on any atom is -0.508 e. The Kier molecular flexibility index (Phi) is 6.27. The fourth-order valence-electron chi connectivity index (χ4n) is 3.42. The SMILES string of the molecule is CCCCc1cc(-n2c(-c3cc(C(C)C)c(O)cc3O)n[nH]c2=S)ccc1OC. The maximum Gasteiger partial charge on any atom is 0.200 e. The van der Waals surface area contributed by atoms with Crippen molar-refractivity contribution in [3.63, 3.8) is 0 Å². The first-order valence-electron chi connectivity index (χ1n) is 9.78. The van der Waals surface area contributed by atoms with E-state index in [-0.39, 0.29) is 17.4 Å². The number of unbranched alkanes of at least 4 members (excludes halogenated alkanes) is 1. The molecular weight excluding hydrogens is 386 g/mol. The molecule has 0 unspecified atom stereocenters. The summed E-state index contributed by atoms with van der Waals surface area (Å²) in [5.74, 6) is 1.43. The molecule has 0 saturated heterocycles. The molecule has 0 fully saturated rings. The van der Waals surface area contributed by atoms with Crippen LogP contribution in [0.2, 0.25) is 0 Å². The maximum atomic E-state index is 10.5. The third-order valence-corrected chi connectivity index (χ3v) is 5.28. The van der Waals surface area contributed by atoms with Crippen LogP contribution in [-0.4, -0.2) is 32.1 Å². The number of benzene rings is 2. The lowest BCUT2D eigenvalue weighted by Gasteiger charge is -2.15. The highest BCUT2D eigenvalue weighted by Gasteiger charge is 2.19. The second kappa shape index (κ2) is 8.69. The van der Waals surface area contributed by atoms with Gasteiger partial charge < -0.3 is 14.9 Å². The van der Waals surface area contributed by atoms with Crippen molar-refractivity contribution in [3.05, 3.63) is 46.2 Å². The highest BCUT2D eigenvalue weighted by atomic mass is 32.1. The maximum absolute atomic E-state index is 10.5. The summed E-state index contributed by atoms with van der Waals surface area (Å²) in [7, 11) is 1.67. The van der Waals surface area contributed by atoms with E-state index in [1.165, 1.54) is 6.07 Å². The molecule has 0 aliphatic heterocycles. The van der Waals surface area contributed by atoms with E-state index >= 15 is 0 Å². The van der Waals surface area contributed by atoms with Crippen molar-refractivity contribution >= 4 is 12.2 Å². The minimum atomic E-state index is -0.0538. The van der Waals surface area contributed by atoms with Gasteiger partial charge >= 0.3 is 0 Å². The molecule has 0 aliphatic rings. The molecule has 0 amide bonds. The number of nitrogens with zero attached hydrogens (tertiary/aromatic N) is 2. The zero-order chi connectivity index (χ0) is 21.1. The number of aromatic amines is 1. The van der Waals surface area contributed by atoms with Gasteiger partial charge in [0.15, 0.2) is 10.6 Å². The Balaban J connectivity index is 2.17. The number of rotatable bonds is 7. The van der Waals surface area contributed by atoms with Crippen LogP contribution in [0.3, 0.4) is 0 Å². The van der Waals surface area contributed by atoms with E-state index in [1.54, 1.807) is 17.7 Å². The highest BCUT2D eigenvalue weighted by molar-refractivity contribution is 7.71. The summed E-state index contributed by atoms with van der Waals surface area (Å²) >= 11 is 5.48. The van der Waals surface area contributed by atoms with Gasteiger partial charge in [-0.15, -0.1) is 0 Å². The first-order valence-corrected chi connectivity index (χ1v) is 10.2. The largest absolute Gasteiger partial charge is 0.508 e. The summed E-state index contributed by atoms with van der Waals surface area (Å²) in [5, 5.41) is 27.9. The number of hydrogen-bond acceptors (Lipinski definition) is 5. The third-order valence-electron chi connectivity index (χ3n) is 5.00. The molecule has 7 heteroatoms. The van der Waals surface area contributed by atoms with Gasteiger partial charge in [0, 0.05) is 6.07 Å². The molecule has 0 saturated carbocycles. The standard InChI is InChI=1S/C22H27N3O3S/c1-5-6-7-14-10-15(8-9-20(14)28-4)25-21(23-24-22(25)29)17-11-16(13(2)3)18(26)12-19(17)27/h8-13,26-27H,5-7H2,1-4H3,(H,24,29). The van der Waals surface area contributed by atoms with Crippen LogP contribution in [0.1, 0.15) is 50.7 Å². The summed E-state index contributed by atoms with van der Waals surface area (Å²) in [6, 6.07) is 9.01. The molecule has 0 radical (unpaired) electrons. The molecule has 0 spiro atoms. The summed E-state index contributed by atoms with van der Waals surface area (Å²) < 4.78 is 7.72. The average Bonchev–Trinajstić information content (AvgIpc) is 3.07. The van der Waals surface area contributed by atoms with E-state index in [0.717, 1.165) is 41.8 Å². The van der Waals surface area contributed by atoms with Crippen LogP contribution in [-0.2, 0) is 6.42 Å². The van der Waals surface area contributed by atoms with Crippen molar-refractivity contribution < 1.29 is 14.9 Å². The molecule has 0 aliphatic carbocycles. The van der Waals surface area contributed by atoms with Gasteiger partial charge in [-0.2, -0.15) is 5.10 Å². The number of aryl methyl sites for hydroxylation is 1. The Morgan fingerprint density at radius 2 is 1.93 bits per heavy atom. The van der Waals surface area contributed by atoms with Gasteiger partial charge in [-0.05, 0) is 66.4 Å². The van der Waals surface area contributed by atoms with Gasteiger partial charge in [0.25, 0.3) is 0 Å². The van der Waals surface area contributed by atoms with Crippen LogP contribution in [0.5, 0.6) is 17.2 Å². The zero-order valence-corrected chi connectivity index (χ0v) is 18.0. The Morgan fingerprint density at radius 3 is 2.59 bits per heavy atom. The van der Waals surface area contributed by atoms with Gasteiger partial charge in [-0.1, -0.05) is 27.2 Å². The van der Waals surface area contributed by atoms with Crippen molar-refractivity contribution in [1.29, 1.82) is 0 Å². The lowest BCUT2D eigenvalue weighted by Crippen LogP contribution is -2.01. The van der Waals surface area contributed by atoms with Crippen molar-refractivity contribution in [2.75, 3.05) is 7.11 Å². The number of H-pyrrole nitrogens is 1. The highest BCUT2D eigenvalue weighted by Crippen LogP contribution is 2.38. The van der Waals surface area contributed by atoms with Gasteiger partial charge in [0.2, 0.25) is 0 Å². The van der Waals surface area contributed by atoms with Crippen LogP contribution in [0.4, 0.5) is 0 Å². The van der Waals surface area contributed by atoms with Crippen LogP contribution >= 0.6 is 12.2 Å². The summed E-state index contributed by atoms with van der Waals surface area (Å²) in [5.41, 5.74) is 3.17. The first-order chi connectivity index (χ1) is 13.9. The predicted molar refractivity (Wildman–Crippen MR) is 117 cm³/mol. The topological polar surface area (TPSA) is 83.3 Å². The molecule has 29 heavy (non-hydrogen) atoms. The van der Waals surface area contributed by atoms with E-state index in [4.69, 9.17) is 17.0 Å². The van der Waals surface area contributed by atoms with E-state index in [9.17, 15) is 10.2 Å². The van der Waals surface area contributed by atoms with Crippen LogP contribution in [0.25, 0.3) is 17.1 Å². The lowest BCUT2D eigenvalue weighted by atomic mass is 9.98. The summed E-state index contributed by atoms with van der Waals surface area (Å²) in [4.78, 5) is 0. The lowest BCUT2D eigenvalue weighted by molar-refractivity contribution is 0.409. The number of methoxy groups -OCH3 is 1. The van der Waals surface area contributed by atoms with E-state index in [1.807, 2.05) is 32.0 Å². The second-order valence-corrected chi connectivity index (χ2v) is 7.76. The molecule has 1 aromatic heterocycles. The summed E-state index contributed by atoms with van der Waals surface area (Å²) in [6.07, 6.45) is 3.04. The average molecular weight is 414 g/mol. The van der Waals surface area contributed by atoms with Gasteiger partial charge in [-0.25, -0.2) is 0 Å². The molecule has 0 bridgehead atoms. The third kappa shape index (κ3) is 4.15. The van der Waals surface area contributed by atoms with Gasteiger partial charge in [0.05, 0.1) is 18.4 Å². The summed E-state index contributed by atoms with van der Waals surface area (Å²) in [6.45, 7) is 6.12. The van der Waals surface area contributed by atoms with Gasteiger partial charge in [-0.3, -0.25) is 9.67 Å². The normalized spacial score (nSPS) is 11.2. The molecular formula is C22H27N3O3S. The molecule has 1 heterocycles. The Bertz CT molecular complexity index is 1070. The van der Waals surface area contributed by atoms with Crippen molar-refractivity contribution in [1.82, 2.24) is 14.8 Å². The quantitative estimate of drug-likeness (QED) is 0.447. The van der Waals surface area contributed by atoms with Crippen LogP contribution in [0, 0.1) is 4.77 Å². The minimum absolute atomic E-state index is 0.0538. The molecule has 3 N–H and O–H groups in total. The molecule has 0 atom stereocenters. The number of ether oxygens (including phenoxy) is 1. The smallest absolute Gasteiger partial charge is 0.200 e. The van der Waals surface area contributed by atoms with Crippen molar-refractivity contribution in [2.24, 2.45) is 0 Å². The number of nitrogens with one attached hydrogen (secondary N) is 1. The van der Waals surface area contributed by atoms with Crippen LogP contribution in [0.15, 0.2) is 30.3 Å². The number of hydrogen-bond donors (Lipinski definition) is 3. The van der Waals surface area contributed by atoms with E-state index < -0.39 is 0 Å². The van der Waals surface area contributed by atoms with Gasteiger partial charge in [0.1, 0.15) is 17.2 Å². The molecule has 154 valence electrons. The van der Waals surface area contributed by atoms with Crippen molar-refractivity contribution in [2.45, 2.75) is 46.0 Å². The predicted octanol–water partition coefficient (Wildman–Crippen LogP) is 5.48. The zero-order valence-electron chi connectivity index (χ0n) is 17.2. The molecule has 2 aromatic carbocycles. The van der Waals surface area contributed by atoms with Crippen molar-refractivity contribution in [3.8, 4) is 34.3 Å². The Labute approximate surface area is 175 Å². The fourth-order valence-corrected chi connectivity index (χ4v) is 3.66.